The first kappa shape index (κ1) is 21.9. The van der Waals surface area contributed by atoms with E-state index in [-0.39, 0.29) is 18.4 Å². The SMILES string of the molecule is CC(C)CC(=O)Nc1ccc(NCC(=O)Nc2ccc(Oc3ccccc3)cc2)cc1. The van der Waals surface area contributed by atoms with Gasteiger partial charge in [-0.05, 0) is 66.6 Å². The van der Waals surface area contributed by atoms with Crippen molar-refractivity contribution in [2.24, 2.45) is 5.92 Å². The summed E-state index contributed by atoms with van der Waals surface area (Å²) in [5.74, 6) is 1.60. The summed E-state index contributed by atoms with van der Waals surface area (Å²) in [6, 6.07) is 24.0. The van der Waals surface area contributed by atoms with Crippen molar-refractivity contribution in [2.75, 3.05) is 22.5 Å². The fraction of sp³-hybridized carbons (Fsp3) is 0.200. The molecule has 6 heteroatoms. The van der Waals surface area contributed by atoms with Gasteiger partial charge in [0.2, 0.25) is 11.8 Å². The highest BCUT2D eigenvalue weighted by molar-refractivity contribution is 5.94. The molecule has 0 aliphatic rings. The van der Waals surface area contributed by atoms with Crippen molar-refractivity contribution in [3.8, 4) is 11.5 Å². The number of para-hydroxylation sites is 1. The van der Waals surface area contributed by atoms with Gasteiger partial charge in [0, 0.05) is 23.5 Å². The van der Waals surface area contributed by atoms with Gasteiger partial charge in [-0.2, -0.15) is 0 Å². The summed E-state index contributed by atoms with van der Waals surface area (Å²) in [5.41, 5.74) is 2.22. The maximum absolute atomic E-state index is 12.2. The van der Waals surface area contributed by atoms with Crippen LogP contribution in [-0.4, -0.2) is 18.4 Å². The van der Waals surface area contributed by atoms with E-state index in [1.807, 2.05) is 80.6 Å². The quantitative estimate of drug-likeness (QED) is 0.429. The Balaban J connectivity index is 1.44. The number of nitrogens with one attached hydrogen (secondary N) is 3. The average Bonchev–Trinajstić information content (AvgIpc) is 2.75. The van der Waals surface area contributed by atoms with Crippen molar-refractivity contribution in [1.82, 2.24) is 0 Å². The number of benzene rings is 3. The molecule has 160 valence electrons. The van der Waals surface area contributed by atoms with Crippen LogP contribution in [0.15, 0.2) is 78.9 Å². The number of anilines is 3. The molecule has 3 aromatic rings. The third-order valence-corrected chi connectivity index (χ3v) is 4.33. The van der Waals surface area contributed by atoms with E-state index in [0.29, 0.717) is 23.8 Å². The first-order chi connectivity index (χ1) is 15.0. The van der Waals surface area contributed by atoms with Crippen LogP contribution in [-0.2, 0) is 9.59 Å². The van der Waals surface area contributed by atoms with Gasteiger partial charge in [0.05, 0.1) is 6.54 Å². The fourth-order valence-corrected chi connectivity index (χ4v) is 2.87. The normalized spacial score (nSPS) is 10.4. The zero-order valence-electron chi connectivity index (χ0n) is 17.7. The van der Waals surface area contributed by atoms with Gasteiger partial charge in [-0.15, -0.1) is 0 Å². The molecule has 0 fully saturated rings. The third-order valence-electron chi connectivity index (χ3n) is 4.33. The van der Waals surface area contributed by atoms with Gasteiger partial charge in [-0.3, -0.25) is 9.59 Å². The van der Waals surface area contributed by atoms with E-state index < -0.39 is 0 Å². The lowest BCUT2D eigenvalue weighted by Gasteiger charge is -2.10. The molecule has 3 N–H and O–H groups in total. The minimum atomic E-state index is -0.161. The van der Waals surface area contributed by atoms with Gasteiger partial charge in [-0.1, -0.05) is 32.0 Å². The Kier molecular flexibility index (Phi) is 7.65. The predicted molar refractivity (Wildman–Crippen MR) is 125 cm³/mol. The summed E-state index contributed by atoms with van der Waals surface area (Å²) in [6.07, 6.45) is 0.486. The topological polar surface area (TPSA) is 79.5 Å². The smallest absolute Gasteiger partial charge is 0.243 e. The Hall–Kier alpha value is -3.80. The van der Waals surface area contributed by atoms with Crippen LogP contribution in [0, 0.1) is 5.92 Å². The molecule has 0 saturated heterocycles. The predicted octanol–water partition coefficient (Wildman–Crippen LogP) is 5.51. The van der Waals surface area contributed by atoms with Crippen molar-refractivity contribution in [2.45, 2.75) is 20.3 Å². The first-order valence-corrected chi connectivity index (χ1v) is 10.2. The summed E-state index contributed by atoms with van der Waals surface area (Å²) in [4.78, 5) is 24.0. The van der Waals surface area contributed by atoms with Gasteiger partial charge in [-0.25, -0.2) is 0 Å². The molecule has 0 atom stereocenters. The molecule has 0 aliphatic carbocycles. The molecule has 0 saturated carbocycles. The van der Waals surface area contributed by atoms with E-state index in [9.17, 15) is 9.59 Å². The number of amides is 2. The minimum Gasteiger partial charge on any atom is -0.457 e. The number of ether oxygens (including phenoxy) is 1. The van der Waals surface area contributed by atoms with Crippen LogP contribution >= 0.6 is 0 Å². The number of carbonyl (C=O) groups is 2. The van der Waals surface area contributed by atoms with E-state index in [2.05, 4.69) is 16.0 Å². The van der Waals surface area contributed by atoms with Gasteiger partial charge in [0.15, 0.2) is 0 Å². The highest BCUT2D eigenvalue weighted by Gasteiger charge is 2.06. The summed E-state index contributed by atoms with van der Waals surface area (Å²) in [7, 11) is 0. The number of rotatable bonds is 9. The molecule has 0 aliphatic heterocycles. The number of hydrogen-bond acceptors (Lipinski definition) is 4. The van der Waals surface area contributed by atoms with Gasteiger partial charge < -0.3 is 20.7 Å². The summed E-state index contributed by atoms with van der Waals surface area (Å²) in [5, 5.41) is 8.78. The fourth-order valence-electron chi connectivity index (χ4n) is 2.87. The lowest BCUT2D eigenvalue weighted by atomic mass is 10.1. The molecular formula is C25H27N3O3. The van der Waals surface area contributed by atoms with Crippen molar-refractivity contribution in [1.29, 1.82) is 0 Å². The van der Waals surface area contributed by atoms with Crippen molar-refractivity contribution < 1.29 is 14.3 Å². The largest absolute Gasteiger partial charge is 0.457 e. The van der Waals surface area contributed by atoms with Crippen molar-refractivity contribution in [3.63, 3.8) is 0 Å². The average molecular weight is 418 g/mol. The summed E-state index contributed by atoms with van der Waals surface area (Å²) >= 11 is 0. The van der Waals surface area contributed by atoms with Gasteiger partial charge in [0.1, 0.15) is 11.5 Å². The maximum atomic E-state index is 12.2. The lowest BCUT2D eigenvalue weighted by Crippen LogP contribution is -2.21. The van der Waals surface area contributed by atoms with E-state index in [1.165, 1.54) is 0 Å². The Morgan fingerprint density at radius 2 is 1.23 bits per heavy atom. The highest BCUT2D eigenvalue weighted by atomic mass is 16.5. The minimum absolute atomic E-state index is 0.00438. The Labute approximate surface area is 182 Å². The van der Waals surface area contributed by atoms with Crippen LogP contribution in [0.5, 0.6) is 11.5 Å². The van der Waals surface area contributed by atoms with Crippen molar-refractivity contribution >= 4 is 28.9 Å². The molecule has 2 amide bonds. The van der Waals surface area contributed by atoms with E-state index in [0.717, 1.165) is 17.1 Å². The molecule has 3 aromatic carbocycles. The van der Waals surface area contributed by atoms with Crippen LogP contribution in [0.3, 0.4) is 0 Å². The second kappa shape index (κ2) is 10.8. The standard InChI is InChI=1S/C25H27N3O3/c1-18(2)16-24(29)27-20-10-8-19(9-11-20)26-17-25(30)28-21-12-14-23(15-13-21)31-22-6-4-3-5-7-22/h3-15,18,26H,16-17H2,1-2H3,(H,27,29)(H,28,30). The number of carbonyl (C=O) groups excluding carboxylic acids is 2. The lowest BCUT2D eigenvalue weighted by molar-refractivity contribution is -0.117. The zero-order chi connectivity index (χ0) is 22.1. The highest BCUT2D eigenvalue weighted by Crippen LogP contribution is 2.22. The van der Waals surface area contributed by atoms with Crippen LogP contribution in [0.25, 0.3) is 0 Å². The van der Waals surface area contributed by atoms with Crippen LogP contribution in [0.1, 0.15) is 20.3 Å². The second-order valence-electron chi connectivity index (χ2n) is 7.56. The van der Waals surface area contributed by atoms with E-state index in [4.69, 9.17) is 4.74 Å². The molecule has 0 radical (unpaired) electrons. The molecule has 0 bridgehead atoms. The van der Waals surface area contributed by atoms with Crippen molar-refractivity contribution in [3.05, 3.63) is 78.9 Å². The summed E-state index contributed by atoms with van der Waals surface area (Å²) < 4.78 is 5.74. The molecule has 6 nitrogen and oxygen atoms in total. The molecule has 0 heterocycles. The molecular weight excluding hydrogens is 390 g/mol. The molecule has 3 rings (SSSR count). The van der Waals surface area contributed by atoms with Crippen LogP contribution in [0.4, 0.5) is 17.1 Å². The van der Waals surface area contributed by atoms with Gasteiger partial charge in [0.25, 0.3) is 0 Å². The molecule has 31 heavy (non-hydrogen) atoms. The van der Waals surface area contributed by atoms with Gasteiger partial charge >= 0.3 is 0 Å². The first-order valence-electron chi connectivity index (χ1n) is 10.2. The monoisotopic (exact) mass is 417 g/mol. The maximum Gasteiger partial charge on any atom is 0.243 e. The second-order valence-corrected chi connectivity index (χ2v) is 7.56. The number of hydrogen-bond donors (Lipinski definition) is 3. The Morgan fingerprint density at radius 3 is 1.84 bits per heavy atom. The van der Waals surface area contributed by atoms with Crippen LogP contribution in [0.2, 0.25) is 0 Å². The van der Waals surface area contributed by atoms with E-state index in [1.54, 1.807) is 12.1 Å². The van der Waals surface area contributed by atoms with Crippen LogP contribution < -0.4 is 20.7 Å². The molecule has 0 unspecified atom stereocenters. The summed E-state index contributed by atoms with van der Waals surface area (Å²) in [6.45, 7) is 4.14. The zero-order valence-corrected chi connectivity index (χ0v) is 17.7. The third kappa shape index (κ3) is 7.51. The molecule has 0 spiro atoms. The Morgan fingerprint density at radius 1 is 0.710 bits per heavy atom. The van der Waals surface area contributed by atoms with E-state index >= 15 is 0 Å². The molecule has 0 aromatic heterocycles. The Bertz CT molecular complexity index is 985.